The molecule has 0 fully saturated rings. The molecule has 0 spiro atoms. The maximum absolute atomic E-state index is 11.5. The lowest BCUT2D eigenvalue weighted by atomic mass is 10.1. The van der Waals surface area contributed by atoms with E-state index in [4.69, 9.17) is 0 Å². The lowest BCUT2D eigenvalue weighted by molar-refractivity contribution is -0.122. The van der Waals surface area contributed by atoms with Crippen LogP contribution in [0.15, 0.2) is 4.99 Å². The largest absolute Gasteiger partial charge is 0.364 e. The number of aliphatic imine (C=N–C) groups is 1. The van der Waals surface area contributed by atoms with Gasteiger partial charge in [0.15, 0.2) is 5.17 Å². The Labute approximate surface area is 102 Å². The van der Waals surface area contributed by atoms with Crippen LogP contribution >= 0.6 is 11.8 Å². The van der Waals surface area contributed by atoms with Gasteiger partial charge >= 0.3 is 0 Å². The van der Waals surface area contributed by atoms with Gasteiger partial charge in [0.25, 0.3) is 0 Å². The first kappa shape index (κ1) is 13.4. The van der Waals surface area contributed by atoms with Crippen LogP contribution in [-0.4, -0.2) is 35.5 Å². The number of rotatable bonds is 3. The molecule has 5 heteroatoms. The zero-order chi connectivity index (χ0) is 12.0. The van der Waals surface area contributed by atoms with Crippen molar-refractivity contribution in [2.45, 2.75) is 39.2 Å². The van der Waals surface area contributed by atoms with E-state index in [1.807, 2.05) is 20.8 Å². The fourth-order valence-electron chi connectivity index (χ4n) is 1.33. The molecule has 4 nitrogen and oxygen atoms in total. The Morgan fingerprint density at radius 1 is 1.50 bits per heavy atom. The Kier molecular flexibility index (Phi) is 5.12. The Morgan fingerprint density at radius 3 is 2.81 bits per heavy atom. The maximum Gasteiger partial charge on any atom is 0.222 e. The molecule has 0 aromatic rings. The summed E-state index contributed by atoms with van der Waals surface area (Å²) in [5.41, 5.74) is -0.145. The van der Waals surface area contributed by atoms with Crippen LogP contribution in [0.25, 0.3) is 0 Å². The first-order valence-corrected chi connectivity index (χ1v) is 6.68. The van der Waals surface area contributed by atoms with Gasteiger partial charge in [0.2, 0.25) is 5.91 Å². The third-order valence-corrected chi connectivity index (χ3v) is 2.98. The molecule has 1 aliphatic rings. The van der Waals surface area contributed by atoms with Crippen molar-refractivity contribution < 1.29 is 4.79 Å². The number of amides is 1. The molecular weight excluding hydrogens is 222 g/mol. The van der Waals surface area contributed by atoms with Gasteiger partial charge in [-0.1, -0.05) is 11.8 Å². The number of carbonyl (C=O) groups is 1. The Bertz CT molecular complexity index is 271. The van der Waals surface area contributed by atoms with Gasteiger partial charge in [-0.3, -0.25) is 9.79 Å². The second-order valence-electron chi connectivity index (χ2n) is 4.86. The zero-order valence-corrected chi connectivity index (χ0v) is 11.1. The smallest absolute Gasteiger partial charge is 0.222 e. The molecule has 0 aliphatic carbocycles. The van der Waals surface area contributed by atoms with Gasteiger partial charge in [-0.15, -0.1) is 0 Å². The molecule has 1 heterocycles. The van der Waals surface area contributed by atoms with E-state index >= 15 is 0 Å². The third kappa shape index (κ3) is 6.00. The molecule has 0 unspecified atom stereocenters. The highest BCUT2D eigenvalue weighted by Gasteiger charge is 2.13. The molecular formula is C11H21N3OS. The van der Waals surface area contributed by atoms with Gasteiger partial charge in [0.1, 0.15) is 0 Å². The minimum atomic E-state index is -0.145. The molecule has 0 radical (unpaired) electrons. The monoisotopic (exact) mass is 243 g/mol. The summed E-state index contributed by atoms with van der Waals surface area (Å²) in [6.07, 6.45) is 1.65. The summed E-state index contributed by atoms with van der Waals surface area (Å²) >= 11 is 1.74. The van der Waals surface area contributed by atoms with Crippen molar-refractivity contribution in [3.05, 3.63) is 0 Å². The van der Waals surface area contributed by atoms with E-state index in [9.17, 15) is 4.79 Å². The van der Waals surface area contributed by atoms with Crippen LogP contribution in [0.1, 0.15) is 33.6 Å². The van der Waals surface area contributed by atoms with Crippen molar-refractivity contribution in [2.24, 2.45) is 4.99 Å². The first-order valence-electron chi connectivity index (χ1n) is 5.69. The van der Waals surface area contributed by atoms with Gasteiger partial charge in [-0.2, -0.15) is 0 Å². The van der Waals surface area contributed by atoms with E-state index < -0.39 is 0 Å². The molecule has 1 amide bonds. The summed E-state index contributed by atoms with van der Waals surface area (Å²) in [6, 6.07) is 0. The maximum atomic E-state index is 11.5. The summed E-state index contributed by atoms with van der Waals surface area (Å²) in [6.45, 7) is 7.52. The lowest BCUT2D eigenvalue weighted by Gasteiger charge is -2.20. The second-order valence-corrected chi connectivity index (χ2v) is 5.95. The molecule has 1 rings (SSSR count). The summed E-state index contributed by atoms with van der Waals surface area (Å²) in [5, 5.41) is 7.10. The molecule has 0 aromatic carbocycles. The highest BCUT2D eigenvalue weighted by atomic mass is 32.2. The number of nitrogens with zero attached hydrogens (tertiary/aromatic N) is 1. The number of carbonyl (C=O) groups excluding carboxylic acids is 1. The van der Waals surface area contributed by atoms with Crippen molar-refractivity contribution in [3.8, 4) is 0 Å². The number of hydrogen-bond donors (Lipinski definition) is 2. The first-order chi connectivity index (χ1) is 7.47. The average Bonchev–Trinajstić information content (AvgIpc) is 2.16. The van der Waals surface area contributed by atoms with Crippen molar-refractivity contribution in [1.82, 2.24) is 10.6 Å². The van der Waals surface area contributed by atoms with Crippen LogP contribution in [0.5, 0.6) is 0 Å². The van der Waals surface area contributed by atoms with Crippen LogP contribution < -0.4 is 10.6 Å². The quantitative estimate of drug-likeness (QED) is 0.787. The molecule has 0 saturated heterocycles. The Morgan fingerprint density at radius 2 is 2.25 bits per heavy atom. The van der Waals surface area contributed by atoms with Crippen LogP contribution in [0, 0.1) is 0 Å². The summed E-state index contributed by atoms with van der Waals surface area (Å²) in [7, 11) is 0. The molecule has 1 aliphatic heterocycles. The topological polar surface area (TPSA) is 53.5 Å². The van der Waals surface area contributed by atoms with E-state index in [2.05, 4.69) is 15.6 Å². The predicted octanol–water partition coefficient (Wildman–Crippen LogP) is 1.37. The third-order valence-electron chi connectivity index (χ3n) is 1.94. The standard InChI is InChI=1S/C11H21N3OS/c1-11(2,3)14-9(15)5-7-13-10-12-6-4-8-16-10/h4-8H2,1-3H3,(H,12,13)(H,14,15). The highest BCUT2D eigenvalue weighted by molar-refractivity contribution is 8.13. The lowest BCUT2D eigenvalue weighted by Crippen LogP contribution is -2.41. The van der Waals surface area contributed by atoms with E-state index in [1.54, 1.807) is 11.8 Å². The SMILES string of the molecule is CC(C)(C)NC(=O)CCNC1=NCCCS1. The predicted molar refractivity (Wildman–Crippen MR) is 69.9 cm³/mol. The van der Waals surface area contributed by atoms with Crippen molar-refractivity contribution in [3.63, 3.8) is 0 Å². The molecule has 16 heavy (non-hydrogen) atoms. The summed E-state index contributed by atoms with van der Waals surface area (Å²) in [5.74, 6) is 1.21. The minimum absolute atomic E-state index is 0.0846. The Balaban J connectivity index is 2.15. The van der Waals surface area contributed by atoms with Gasteiger partial charge in [-0.25, -0.2) is 0 Å². The van der Waals surface area contributed by atoms with Gasteiger partial charge in [0, 0.05) is 30.8 Å². The minimum Gasteiger partial charge on any atom is -0.364 e. The molecule has 0 bridgehead atoms. The number of hydrogen-bond acceptors (Lipinski definition) is 4. The van der Waals surface area contributed by atoms with Gasteiger partial charge in [0.05, 0.1) is 0 Å². The Hall–Kier alpha value is -0.710. The van der Waals surface area contributed by atoms with E-state index in [1.165, 1.54) is 0 Å². The fraction of sp³-hybridized carbons (Fsp3) is 0.818. The van der Waals surface area contributed by atoms with Crippen LogP contribution in [0.2, 0.25) is 0 Å². The van der Waals surface area contributed by atoms with Crippen LogP contribution in [0.4, 0.5) is 0 Å². The highest BCUT2D eigenvalue weighted by Crippen LogP contribution is 2.09. The summed E-state index contributed by atoms with van der Waals surface area (Å²) in [4.78, 5) is 15.8. The fourth-order valence-corrected chi connectivity index (χ4v) is 2.18. The van der Waals surface area contributed by atoms with Crippen molar-refractivity contribution >= 4 is 22.8 Å². The number of amidine groups is 1. The molecule has 2 N–H and O–H groups in total. The average molecular weight is 243 g/mol. The van der Waals surface area contributed by atoms with Crippen LogP contribution in [0.3, 0.4) is 0 Å². The molecule has 0 saturated carbocycles. The molecule has 92 valence electrons. The number of thioether (sulfide) groups is 1. The second kappa shape index (κ2) is 6.13. The van der Waals surface area contributed by atoms with Crippen molar-refractivity contribution in [2.75, 3.05) is 18.8 Å². The number of nitrogens with one attached hydrogen (secondary N) is 2. The molecule has 0 atom stereocenters. The normalized spacial score (nSPS) is 16.6. The van der Waals surface area contributed by atoms with E-state index in [0.717, 1.165) is 23.9 Å². The van der Waals surface area contributed by atoms with Crippen LogP contribution in [-0.2, 0) is 4.79 Å². The zero-order valence-electron chi connectivity index (χ0n) is 10.3. The van der Waals surface area contributed by atoms with Gasteiger partial charge < -0.3 is 10.6 Å². The molecule has 0 aromatic heterocycles. The van der Waals surface area contributed by atoms with Crippen molar-refractivity contribution in [1.29, 1.82) is 0 Å². The van der Waals surface area contributed by atoms with E-state index in [-0.39, 0.29) is 11.4 Å². The van der Waals surface area contributed by atoms with Gasteiger partial charge in [-0.05, 0) is 27.2 Å². The summed E-state index contributed by atoms with van der Waals surface area (Å²) < 4.78 is 0. The van der Waals surface area contributed by atoms with E-state index in [0.29, 0.717) is 13.0 Å².